The third-order valence-electron chi connectivity index (χ3n) is 2.80. The minimum absolute atomic E-state index is 0.236. The molecule has 0 bridgehead atoms. The van der Waals surface area contributed by atoms with E-state index in [2.05, 4.69) is 0 Å². The molecule has 0 saturated heterocycles. The Morgan fingerprint density at radius 1 is 1.00 bits per heavy atom. The van der Waals surface area contributed by atoms with Gasteiger partial charge in [0.15, 0.2) is 11.1 Å². The molecule has 0 aliphatic rings. The van der Waals surface area contributed by atoms with Crippen LogP contribution in [-0.4, -0.2) is 13.3 Å². The van der Waals surface area contributed by atoms with E-state index >= 15 is 0 Å². The van der Waals surface area contributed by atoms with Gasteiger partial charge in [0, 0.05) is 28.3 Å². The molecule has 2 aromatic rings. The summed E-state index contributed by atoms with van der Waals surface area (Å²) in [6.45, 7) is 0. The number of benzene rings is 2. The Labute approximate surface area is 129 Å². The molecule has 0 radical (unpaired) electrons. The summed E-state index contributed by atoms with van der Waals surface area (Å²) in [6.07, 6.45) is 3.42. The van der Waals surface area contributed by atoms with Crippen LogP contribution < -0.4 is 11.5 Å². The van der Waals surface area contributed by atoms with Gasteiger partial charge >= 0.3 is 0 Å². The molecule has 0 aliphatic heterocycles. The van der Waals surface area contributed by atoms with Gasteiger partial charge in [0.2, 0.25) is 0 Å². The molecule has 21 heavy (non-hydrogen) atoms. The number of anilines is 2. The van der Waals surface area contributed by atoms with Crippen molar-refractivity contribution in [2.45, 2.75) is 9.79 Å². The minimum atomic E-state index is -2.13. The summed E-state index contributed by atoms with van der Waals surface area (Å²) in [4.78, 5) is 0.841. The van der Waals surface area contributed by atoms with E-state index in [0.717, 1.165) is 5.56 Å². The van der Waals surface area contributed by atoms with Gasteiger partial charge in [0.05, 0.1) is 4.90 Å². The fourth-order valence-corrected chi connectivity index (χ4v) is 2.79. The van der Waals surface area contributed by atoms with Crippen LogP contribution in [-0.2, 0) is 11.1 Å². The Kier molecular flexibility index (Phi) is 5.03. The van der Waals surface area contributed by atoms with Crippen LogP contribution in [0.15, 0.2) is 46.2 Å². The molecule has 1 unspecified atom stereocenters. The van der Waals surface area contributed by atoms with Crippen LogP contribution in [0.1, 0.15) is 11.1 Å². The molecule has 1 atom stereocenters. The third kappa shape index (κ3) is 3.85. The summed E-state index contributed by atoms with van der Waals surface area (Å²) in [5, 5.41) is 0. The van der Waals surface area contributed by atoms with Crippen molar-refractivity contribution in [3.05, 3.63) is 47.5 Å². The Balaban J connectivity index is 2.40. The average Bonchev–Trinajstić information content (AvgIpc) is 2.46. The molecule has 2 rings (SSSR count). The Hall–Kier alpha value is -1.80. The van der Waals surface area contributed by atoms with Crippen LogP contribution >= 0.6 is 12.0 Å². The molecule has 110 valence electrons. The van der Waals surface area contributed by atoms with Crippen LogP contribution in [0.4, 0.5) is 11.4 Å². The van der Waals surface area contributed by atoms with Crippen molar-refractivity contribution in [2.75, 3.05) is 11.5 Å². The van der Waals surface area contributed by atoms with Crippen LogP contribution in [0.25, 0.3) is 12.2 Å². The standard InChI is InChI=1S/C14H14N2O3S2/c15-11-5-3-9(13(7-11)20-17)1-2-10-4-6-12(16)8-14(10)21(18)19/h1-8,17H,15-16H2,(H,18,19)/b2-1+. The fourth-order valence-electron chi connectivity index (χ4n) is 1.79. The van der Waals surface area contributed by atoms with Crippen LogP contribution in [0.2, 0.25) is 0 Å². The Morgan fingerprint density at radius 3 is 2.19 bits per heavy atom. The highest BCUT2D eigenvalue weighted by Gasteiger charge is 2.07. The van der Waals surface area contributed by atoms with Gasteiger partial charge in [-0.15, -0.1) is 0 Å². The number of nitrogen functional groups attached to an aromatic ring is 2. The second kappa shape index (κ2) is 6.77. The van der Waals surface area contributed by atoms with Crippen molar-refractivity contribution in [1.29, 1.82) is 0 Å². The maximum absolute atomic E-state index is 11.3. The summed E-state index contributed by atoms with van der Waals surface area (Å²) in [5.41, 5.74) is 13.6. The van der Waals surface area contributed by atoms with Gasteiger partial charge in [-0.25, -0.2) is 4.21 Å². The van der Waals surface area contributed by atoms with E-state index in [0.29, 0.717) is 33.9 Å². The number of hydrogen-bond donors (Lipinski definition) is 4. The predicted molar refractivity (Wildman–Crippen MR) is 88.2 cm³/mol. The van der Waals surface area contributed by atoms with Crippen LogP contribution in [0, 0.1) is 0 Å². The lowest BCUT2D eigenvalue weighted by atomic mass is 10.1. The lowest BCUT2D eigenvalue weighted by Gasteiger charge is -2.05. The van der Waals surface area contributed by atoms with Crippen LogP contribution in [0.5, 0.6) is 0 Å². The van der Waals surface area contributed by atoms with E-state index in [9.17, 15) is 13.3 Å². The summed E-state index contributed by atoms with van der Waals surface area (Å²) < 4.78 is 29.8. The lowest BCUT2D eigenvalue weighted by molar-refractivity contribution is 0.564. The van der Waals surface area contributed by atoms with E-state index in [1.165, 1.54) is 6.07 Å². The maximum Gasteiger partial charge on any atom is 0.187 e. The van der Waals surface area contributed by atoms with E-state index in [1.807, 2.05) is 0 Å². The zero-order valence-electron chi connectivity index (χ0n) is 10.9. The zero-order chi connectivity index (χ0) is 15.4. The first kappa shape index (κ1) is 15.6. The van der Waals surface area contributed by atoms with Crippen molar-refractivity contribution in [1.82, 2.24) is 0 Å². The molecule has 0 aliphatic carbocycles. The molecule has 0 aromatic heterocycles. The normalized spacial score (nSPS) is 12.7. The Morgan fingerprint density at radius 2 is 1.57 bits per heavy atom. The van der Waals surface area contributed by atoms with Crippen molar-refractivity contribution in [3.63, 3.8) is 0 Å². The molecule has 0 heterocycles. The number of rotatable bonds is 4. The van der Waals surface area contributed by atoms with Crippen molar-refractivity contribution < 1.29 is 13.3 Å². The number of nitrogens with two attached hydrogens (primary N) is 2. The summed E-state index contributed by atoms with van der Waals surface area (Å²) >= 11 is -1.53. The Bertz CT molecular complexity index is 717. The van der Waals surface area contributed by atoms with E-state index < -0.39 is 11.1 Å². The predicted octanol–water partition coefficient (Wildman–Crippen LogP) is 3.17. The third-order valence-corrected chi connectivity index (χ3v) is 4.08. The minimum Gasteiger partial charge on any atom is -0.399 e. The second-order valence-corrected chi connectivity index (χ2v) is 5.83. The van der Waals surface area contributed by atoms with Crippen molar-refractivity contribution in [2.24, 2.45) is 0 Å². The molecule has 2 aromatic carbocycles. The largest absolute Gasteiger partial charge is 0.399 e. The first-order valence-corrected chi connectivity index (χ1v) is 7.78. The van der Waals surface area contributed by atoms with E-state index in [1.54, 1.807) is 42.5 Å². The van der Waals surface area contributed by atoms with Crippen molar-refractivity contribution >= 4 is 46.7 Å². The lowest BCUT2D eigenvalue weighted by Crippen LogP contribution is -1.95. The first-order chi connectivity index (χ1) is 10.0. The molecule has 7 heteroatoms. The zero-order valence-corrected chi connectivity index (χ0v) is 12.5. The molecular formula is C14H14N2O3S2. The van der Waals surface area contributed by atoms with E-state index in [-0.39, 0.29) is 4.90 Å². The van der Waals surface area contributed by atoms with Gasteiger partial charge in [0.1, 0.15) is 0 Å². The highest BCUT2D eigenvalue weighted by Crippen LogP contribution is 2.26. The van der Waals surface area contributed by atoms with Gasteiger partial charge in [-0.3, -0.25) is 0 Å². The van der Waals surface area contributed by atoms with Gasteiger partial charge in [0.25, 0.3) is 0 Å². The highest BCUT2D eigenvalue weighted by atomic mass is 32.2. The van der Waals surface area contributed by atoms with E-state index in [4.69, 9.17) is 11.5 Å². The molecule has 6 N–H and O–H groups in total. The molecule has 0 fully saturated rings. The molecular weight excluding hydrogens is 308 g/mol. The number of hydrogen-bond acceptors (Lipinski definition) is 5. The molecule has 5 nitrogen and oxygen atoms in total. The summed E-state index contributed by atoms with van der Waals surface area (Å²) in [6, 6.07) is 9.91. The van der Waals surface area contributed by atoms with Gasteiger partial charge in [-0.05, 0) is 35.4 Å². The molecule has 0 spiro atoms. The summed E-state index contributed by atoms with van der Waals surface area (Å²) in [7, 11) is 0. The summed E-state index contributed by atoms with van der Waals surface area (Å²) in [5.74, 6) is 0. The molecule has 0 saturated carbocycles. The topological polar surface area (TPSA) is 110 Å². The van der Waals surface area contributed by atoms with Gasteiger partial charge in [-0.2, -0.15) is 0 Å². The monoisotopic (exact) mass is 322 g/mol. The quantitative estimate of drug-likeness (QED) is 0.298. The fraction of sp³-hybridized carbons (Fsp3) is 0. The average molecular weight is 322 g/mol. The second-order valence-electron chi connectivity index (χ2n) is 4.27. The maximum atomic E-state index is 11.3. The highest BCUT2D eigenvalue weighted by molar-refractivity contribution is 7.93. The SMILES string of the molecule is Nc1ccc(/C=C/c2ccc(N)cc2S(=O)O)c(SO)c1. The van der Waals surface area contributed by atoms with Gasteiger partial charge < -0.3 is 20.6 Å². The smallest absolute Gasteiger partial charge is 0.187 e. The first-order valence-electron chi connectivity index (χ1n) is 5.90. The molecule has 0 amide bonds. The van der Waals surface area contributed by atoms with Crippen molar-refractivity contribution in [3.8, 4) is 0 Å². The van der Waals surface area contributed by atoms with Crippen LogP contribution in [0.3, 0.4) is 0 Å². The van der Waals surface area contributed by atoms with Gasteiger partial charge in [-0.1, -0.05) is 24.3 Å².